The van der Waals surface area contributed by atoms with Crippen LogP contribution in [0.3, 0.4) is 0 Å². The zero-order valence-electron chi connectivity index (χ0n) is 14.0. The van der Waals surface area contributed by atoms with Crippen LogP contribution in [0.2, 0.25) is 0 Å². The van der Waals surface area contributed by atoms with E-state index in [0.717, 1.165) is 0 Å². The van der Waals surface area contributed by atoms with Crippen LogP contribution in [0.5, 0.6) is 11.5 Å². The van der Waals surface area contributed by atoms with Crippen LogP contribution in [-0.2, 0) is 0 Å². The van der Waals surface area contributed by atoms with Crippen molar-refractivity contribution in [2.24, 2.45) is 0 Å². The molecule has 2 amide bonds. The number of benzene rings is 1. The Balaban J connectivity index is 1.74. The van der Waals surface area contributed by atoms with Gasteiger partial charge < -0.3 is 20.1 Å². The molecule has 1 aromatic heterocycles. The first kappa shape index (κ1) is 16.8. The van der Waals surface area contributed by atoms with Crippen LogP contribution in [0.1, 0.15) is 34.6 Å². The fourth-order valence-corrected chi connectivity index (χ4v) is 2.36. The number of pyridine rings is 1. The van der Waals surface area contributed by atoms with Gasteiger partial charge in [-0.25, -0.2) is 0 Å². The molecule has 0 atom stereocenters. The molecule has 7 heteroatoms. The van der Waals surface area contributed by atoms with Crippen molar-refractivity contribution in [3.8, 4) is 11.5 Å². The number of nitrogens with one attached hydrogen (secondary N) is 2. The first-order valence-electron chi connectivity index (χ1n) is 8.00. The van der Waals surface area contributed by atoms with Crippen molar-refractivity contribution < 1.29 is 19.1 Å². The fraction of sp³-hybridized carbons (Fsp3) is 0.278. The van der Waals surface area contributed by atoms with Gasteiger partial charge in [-0.2, -0.15) is 0 Å². The molecule has 0 bridgehead atoms. The van der Waals surface area contributed by atoms with Crippen LogP contribution in [0.4, 0.5) is 5.69 Å². The van der Waals surface area contributed by atoms with Crippen LogP contribution in [0, 0.1) is 0 Å². The maximum Gasteiger partial charge on any atom is 0.257 e. The molecule has 3 rings (SSSR count). The largest absolute Gasteiger partial charge is 0.486 e. The lowest BCUT2D eigenvalue weighted by atomic mass is 10.1. The number of anilines is 1. The monoisotopic (exact) mass is 341 g/mol. The highest BCUT2D eigenvalue weighted by atomic mass is 16.6. The number of fused-ring (bicyclic) bond motifs is 1. The van der Waals surface area contributed by atoms with Gasteiger partial charge in [-0.3, -0.25) is 14.6 Å². The van der Waals surface area contributed by atoms with Gasteiger partial charge in [-0.15, -0.1) is 0 Å². The van der Waals surface area contributed by atoms with Crippen molar-refractivity contribution >= 4 is 17.5 Å². The van der Waals surface area contributed by atoms with Crippen molar-refractivity contribution in [1.82, 2.24) is 10.3 Å². The maximum atomic E-state index is 12.4. The highest BCUT2D eigenvalue weighted by Gasteiger charge is 2.15. The highest BCUT2D eigenvalue weighted by Crippen LogP contribution is 2.32. The molecule has 2 heterocycles. The molecule has 2 N–H and O–H groups in total. The molecule has 0 radical (unpaired) electrons. The lowest BCUT2D eigenvalue weighted by Gasteiger charge is -2.19. The molecule has 1 aliphatic heterocycles. The Labute approximate surface area is 145 Å². The smallest absolute Gasteiger partial charge is 0.257 e. The first-order valence-corrected chi connectivity index (χ1v) is 8.00. The predicted octanol–water partition coefficient (Wildman–Crippen LogP) is 2.24. The lowest BCUT2D eigenvalue weighted by molar-refractivity contribution is 0.0942. The van der Waals surface area contributed by atoms with Crippen LogP contribution in [0.25, 0.3) is 0 Å². The third kappa shape index (κ3) is 4.06. The third-order valence-corrected chi connectivity index (χ3v) is 3.48. The number of carbonyl (C=O) groups is 2. The van der Waals surface area contributed by atoms with E-state index >= 15 is 0 Å². The summed E-state index contributed by atoms with van der Waals surface area (Å²) >= 11 is 0. The van der Waals surface area contributed by atoms with E-state index in [1.807, 2.05) is 13.8 Å². The van der Waals surface area contributed by atoms with Gasteiger partial charge in [-0.1, -0.05) is 0 Å². The molecular formula is C18H19N3O4. The maximum absolute atomic E-state index is 12.4. The normalized spacial score (nSPS) is 12.6. The third-order valence-electron chi connectivity index (χ3n) is 3.48. The number of nitrogens with zero attached hydrogens (tertiary/aromatic N) is 1. The number of amides is 2. The Hall–Kier alpha value is -3.09. The SMILES string of the molecule is CC(C)NC(=O)c1cncc(C(=O)Nc2ccc3c(c2)OCCO3)c1. The zero-order valence-corrected chi connectivity index (χ0v) is 14.0. The summed E-state index contributed by atoms with van der Waals surface area (Å²) in [5.41, 5.74) is 1.21. The summed E-state index contributed by atoms with van der Waals surface area (Å²) in [6, 6.07) is 6.69. The van der Waals surface area contributed by atoms with Gasteiger partial charge in [0.05, 0.1) is 11.1 Å². The number of hydrogen-bond donors (Lipinski definition) is 2. The minimum absolute atomic E-state index is 0.00250. The van der Waals surface area contributed by atoms with Crippen molar-refractivity contribution in [2.75, 3.05) is 18.5 Å². The van der Waals surface area contributed by atoms with Crippen molar-refractivity contribution in [1.29, 1.82) is 0 Å². The summed E-state index contributed by atoms with van der Waals surface area (Å²) in [7, 11) is 0. The van der Waals surface area contributed by atoms with E-state index in [0.29, 0.717) is 41.5 Å². The van der Waals surface area contributed by atoms with E-state index < -0.39 is 0 Å². The zero-order chi connectivity index (χ0) is 17.8. The summed E-state index contributed by atoms with van der Waals surface area (Å²) in [6.07, 6.45) is 2.85. The number of carbonyl (C=O) groups excluding carboxylic acids is 2. The summed E-state index contributed by atoms with van der Waals surface area (Å²) in [5, 5.41) is 5.54. The average molecular weight is 341 g/mol. The summed E-state index contributed by atoms with van der Waals surface area (Å²) in [4.78, 5) is 28.4. The Bertz CT molecular complexity index is 805. The minimum atomic E-state index is -0.358. The molecule has 2 aromatic rings. The molecule has 1 aliphatic rings. The van der Waals surface area contributed by atoms with Crippen LogP contribution in [-0.4, -0.2) is 36.1 Å². The highest BCUT2D eigenvalue weighted by molar-refractivity contribution is 6.06. The minimum Gasteiger partial charge on any atom is -0.486 e. The predicted molar refractivity (Wildman–Crippen MR) is 92.2 cm³/mol. The van der Waals surface area contributed by atoms with Crippen LogP contribution >= 0.6 is 0 Å². The van der Waals surface area contributed by atoms with E-state index in [2.05, 4.69) is 15.6 Å². The summed E-state index contributed by atoms with van der Waals surface area (Å²) in [6.45, 7) is 4.71. The van der Waals surface area contributed by atoms with Gasteiger partial charge in [-0.05, 0) is 32.0 Å². The van der Waals surface area contributed by atoms with Gasteiger partial charge in [0.2, 0.25) is 0 Å². The molecule has 7 nitrogen and oxygen atoms in total. The van der Waals surface area contributed by atoms with E-state index in [9.17, 15) is 9.59 Å². The van der Waals surface area contributed by atoms with Crippen LogP contribution in [0.15, 0.2) is 36.7 Å². The van der Waals surface area contributed by atoms with Gasteiger partial charge in [0.1, 0.15) is 13.2 Å². The number of ether oxygens (including phenoxy) is 2. The second-order valence-electron chi connectivity index (χ2n) is 5.90. The summed E-state index contributed by atoms with van der Waals surface area (Å²) < 4.78 is 10.9. The Morgan fingerprint density at radius 1 is 1.00 bits per heavy atom. The topological polar surface area (TPSA) is 89.6 Å². The molecule has 0 fully saturated rings. The van der Waals surface area contributed by atoms with E-state index in [4.69, 9.17) is 9.47 Å². The molecule has 25 heavy (non-hydrogen) atoms. The standard InChI is InChI=1S/C18H19N3O4/c1-11(2)20-17(22)12-7-13(10-19-9-12)18(23)21-14-3-4-15-16(8-14)25-6-5-24-15/h3-4,7-11H,5-6H2,1-2H3,(H,20,22)(H,21,23). The van der Waals surface area contributed by atoms with Gasteiger partial charge >= 0.3 is 0 Å². The molecule has 0 unspecified atom stereocenters. The van der Waals surface area contributed by atoms with Gasteiger partial charge in [0.25, 0.3) is 11.8 Å². The molecular weight excluding hydrogens is 322 g/mol. The molecule has 0 saturated heterocycles. The van der Waals surface area contributed by atoms with Crippen molar-refractivity contribution in [2.45, 2.75) is 19.9 Å². The second kappa shape index (κ2) is 7.21. The quantitative estimate of drug-likeness (QED) is 0.890. The van der Waals surface area contributed by atoms with Gasteiger partial charge in [0.15, 0.2) is 11.5 Å². The van der Waals surface area contributed by atoms with Gasteiger partial charge in [0, 0.05) is 30.2 Å². The van der Waals surface area contributed by atoms with Crippen molar-refractivity contribution in [3.05, 3.63) is 47.8 Å². The second-order valence-corrected chi connectivity index (χ2v) is 5.90. The molecule has 1 aromatic carbocycles. The van der Waals surface area contributed by atoms with E-state index in [1.165, 1.54) is 18.5 Å². The molecule has 0 saturated carbocycles. The lowest BCUT2D eigenvalue weighted by Crippen LogP contribution is -2.30. The Kier molecular flexibility index (Phi) is 4.83. The van der Waals surface area contributed by atoms with E-state index in [-0.39, 0.29) is 17.9 Å². The van der Waals surface area contributed by atoms with Crippen molar-refractivity contribution in [3.63, 3.8) is 0 Å². The number of rotatable bonds is 4. The summed E-state index contributed by atoms with van der Waals surface area (Å²) in [5.74, 6) is 0.616. The number of hydrogen-bond acceptors (Lipinski definition) is 5. The average Bonchev–Trinajstić information content (AvgIpc) is 2.61. The number of aromatic nitrogens is 1. The molecule has 130 valence electrons. The molecule has 0 aliphatic carbocycles. The fourth-order valence-electron chi connectivity index (χ4n) is 2.36. The van der Waals surface area contributed by atoms with E-state index in [1.54, 1.807) is 18.2 Å². The Morgan fingerprint density at radius 2 is 1.68 bits per heavy atom. The first-order chi connectivity index (χ1) is 12.0. The van der Waals surface area contributed by atoms with Crippen LogP contribution < -0.4 is 20.1 Å². The Morgan fingerprint density at radius 3 is 2.40 bits per heavy atom. The molecule has 0 spiro atoms.